The molecule has 0 fully saturated rings. The zero-order valence-corrected chi connectivity index (χ0v) is 8.87. The fourth-order valence-electron chi connectivity index (χ4n) is 1.85. The highest BCUT2D eigenvalue weighted by molar-refractivity contribution is 6.27. The Morgan fingerprint density at radius 3 is 2.93 bits per heavy atom. The monoisotopic (exact) mass is 222 g/mol. The highest BCUT2D eigenvalue weighted by Crippen LogP contribution is 2.33. The van der Waals surface area contributed by atoms with E-state index in [-0.39, 0.29) is 6.42 Å². The third-order valence-electron chi connectivity index (χ3n) is 2.55. The molecule has 3 heteroatoms. The number of aliphatic carboxylic acids is 1. The van der Waals surface area contributed by atoms with Crippen molar-refractivity contribution < 1.29 is 9.90 Å². The van der Waals surface area contributed by atoms with Gasteiger partial charge in [0, 0.05) is 0 Å². The highest BCUT2D eigenvalue weighted by atomic mass is 35.5. The molecule has 2 nitrogen and oxygen atoms in total. The number of carbonyl (C=O) groups is 1. The van der Waals surface area contributed by atoms with E-state index in [1.807, 2.05) is 30.3 Å². The summed E-state index contributed by atoms with van der Waals surface area (Å²) in [6.07, 6.45) is 4.21. The molecule has 0 amide bonds. The van der Waals surface area contributed by atoms with Gasteiger partial charge in [0.05, 0.1) is 11.3 Å². The standard InChI is InChI=1S/C12H11ClO2/c13-12(8-11(14)15)6-5-9-3-1-2-4-10(9)7-12/h1-6H,7-8H2,(H,14,15). The Morgan fingerprint density at radius 2 is 2.20 bits per heavy atom. The molecular formula is C12H11ClO2. The van der Waals surface area contributed by atoms with Crippen molar-refractivity contribution in [2.45, 2.75) is 17.7 Å². The third-order valence-corrected chi connectivity index (χ3v) is 2.94. The van der Waals surface area contributed by atoms with Crippen LogP contribution in [0.4, 0.5) is 0 Å². The second-order valence-electron chi connectivity index (χ2n) is 3.81. The third kappa shape index (κ3) is 2.21. The van der Waals surface area contributed by atoms with Gasteiger partial charge in [-0.1, -0.05) is 36.4 Å². The van der Waals surface area contributed by atoms with Crippen molar-refractivity contribution in [2.75, 3.05) is 0 Å². The van der Waals surface area contributed by atoms with Gasteiger partial charge in [-0.15, -0.1) is 11.6 Å². The van der Waals surface area contributed by atoms with Gasteiger partial charge >= 0.3 is 5.97 Å². The van der Waals surface area contributed by atoms with Gasteiger partial charge < -0.3 is 5.11 Å². The lowest BCUT2D eigenvalue weighted by Gasteiger charge is -2.26. The second-order valence-corrected chi connectivity index (χ2v) is 4.57. The first-order valence-electron chi connectivity index (χ1n) is 4.77. The molecule has 15 heavy (non-hydrogen) atoms. The largest absolute Gasteiger partial charge is 0.481 e. The van der Waals surface area contributed by atoms with Crippen LogP contribution >= 0.6 is 11.6 Å². The van der Waals surface area contributed by atoms with E-state index in [1.54, 1.807) is 6.08 Å². The maximum atomic E-state index is 10.7. The molecule has 1 atom stereocenters. The quantitative estimate of drug-likeness (QED) is 0.782. The molecule has 78 valence electrons. The highest BCUT2D eigenvalue weighted by Gasteiger charge is 2.30. The molecule has 1 aliphatic rings. The molecule has 0 heterocycles. The van der Waals surface area contributed by atoms with Crippen molar-refractivity contribution in [1.82, 2.24) is 0 Å². The van der Waals surface area contributed by atoms with Gasteiger partial charge in [0.25, 0.3) is 0 Å². The molecule has 1 aromatic rings. The van der Waals surface area contributed by atoms with E-state index >= 15 is 0 Å². The number of benzene rings is 1. The van der Waals surface area contributed by atoms with Crippen molar-refractivity contribution in [3.63, 3.8) is 0 Å². The number of allylic oxidation sites excluding steroid dienone is 1. The summed E-state index contributed by atoms with van der Waals surface area (Å²) in [7, 11) is 0. The van der Waals surface area contributed by atoms with Gasteiger partial charge in [-0.25, -0.2) is 0 Å². The summed E-state index contributed by atoms with van der Waals surface area (Å²) in [5.74, 6) is -0.867. The van der Waals surface area contributed by atoms with Crippen LogP contribution in [0.15, 0.2) is 30.3 Å². The van der Waals surface area contributed by atoms with Crippen molar-refractivity contribution in [1.29, 1.82) is 0 Å². The summed E-state index contributed by atoms with van der Waals surface area (Å²) in [5, 5.41) is 8.76. The van der Waals surface area contributed by atoms with Gasteiger partial charge in [0.15, 0.2) is 0 Å². The molecular weight excluding hydrogens is 212 g/mol. The zero-order valence-electron chi connectivity index (χ0n) is 8.11. The van der Waals surface area contributed by atoms with E-state index in [0.717, 1.165) is 11.1 Å². The summed E-state index contributed by atoms with van der Waals surface area (Å²) in [4.78, 5) is 9.90. The average molecular weight is 223 g/mol. The molecule has 0 spiro atoms. The number of carboxylic acid groups (broad SMARTS) is 1. The average Bonchev–Trinajstić information content (AvgIpc) is 2.15. The maximum Gasteiger partial charge on any atom is 0.305 e. The van der Waals surface area contributed by atoms with E-state index < -0.39 is 10.8 Å². The Kier molecular flexibility index (Phi) is 2.53. The van der Waals surface area contributed by atoms with Gasteiger partial charge in [0.2, 0.25) is 0 Å². The lowest BCUT2D eigenvalue weighted by Crippen LogP contribution is -2.27. The Bertz CT molecular complexity index is 425. The van der Waals surface area contributed by atoms with Crippen molar-refractivity contribution in [3.05, 3.63) is 41.5 Å². The number of rotatable bonds is 2. The van der Waals surface area contributed by atoms with E-state index in [2.05, 4.69) is 0 Å². The van der Waals surface area contributed by atoms with E-state index in [0.29, 0.717) is 6.42 Å². The molecule has 0 radical (unpaired) electrons. The molecule has 1 aromatic carbocycles. The topological polar surface area (TPSA) is 37.3 Å². The van der Waals surface area contributed by atoms with Crippen molar-refractivity contribution >= 4 is 23.6 Å². The minimum Gasteiger partial charge on any atom is -0.481 e. The predicted octanol–water partition coefficient (Wildman–Crippen LogP) is 2.71. The second kappa shape index (κ2) is 3.70. The summed E-state index contributed by atoms with van der Waals surface area (Å²) < 4.78 is 0. The number of hydrogen-bond acceptors (Lipinski definition) is 1. The molecule has 0 saturated heterocycles. The molecule has 0 bridgehead atoms. The molecule has 1 N–H and O–H groups in total. The normalized spacial score (nSPS) is 23.5. The first-order valence-corrected chi connectivity index (χ1v) is 5.15. The zero-order chi connectivity index (χ0) is 10.9. The first-order chi connectivity index (χ1) is 7.09. The van der Waals surface area contributed by atoms with Crippen LogP contribution in [0.3, 0.4) is 0 Å². The molecule has 0 aromatic heterocycles. The fraction of sp³-hybridized carbons (Fsp3) is 0.250. The Balaban J connectivity index is 2.28. The molecule has 0 aliphatic heterocycles. The minimum atomic E-state index is -0.867. The predicted molar refractivity (Wildman–Crippen MR) is 60.0 cm³/mol. The number of alkyl halides is 1. The van der Waals surface area contributed by atoms with Crippen LogP contribution < -0.4 is 0 Å². The van der Waals surface area contributed by atoms with Crippen molar-refractivity contribution in [3.8, 4) is 0 Å². The summed E-state index contributed by atoms with van der Waals surface area (Å²) in [5.41, 5.74) is 2.23. The summed E-state index contributed by atoms with van der Waals surface area (Å²) in [6, 6.07) is 7.89. The fourth-order valence-corrected chi connectivity index (χ4v) is 2.17. The van der Waals surface area contributed by atoms with Gasteiger partial charge in [-0.2, -0.15) is 0 Å². The molecule has 1 aliphatic carbocycles. The minimum absolute atomic E-state index is 0.0423. The van der Waals surface area contributed by atoms with Crippen LogP contribution in [0.25, 0.3) is 6.08 Å². The van der Waals surface area contributed by atoms with E-state index in [4.69, 9.17) is 16.7 Å². The number of fused-ring (bicyclic) bond motifs is 1. The molecule has 0 saturated carbocycles. The van der Waals surface area contributed by atoms with Gasteiger partial charge in [0.1, 0.15) is 0 Å². The smallest absolute Gasteiger partial charge is 0.305 e. The Labute approximate surface area is 93.2 Å². The van der Waals surface area contributed by atoms with Crippen LogP contribution in [0, 0.1) is 0 Å². The van der Waals surface area contributed by atoms with Crippen LogP contribution in [-0.2, 0) is 11.2 Å². The first kappa shape index (κ1) is 10.2. The Hall–Kier alpha value is -1.28. The van der Waals surface area contributed by atoms with Crippen LogP contribution in [0.5, 0.6) is 0 Å². The lowest BCUT2D eigenvalue weighted by molar-refractivity contribution is -0.137. The van der Waals surface area contributed by atoms with Gasteiger partial charge in [-0.3, -0.25) is 4.79 Å². The lowest BCUT2D eigenvalue weighted by atomic mass is 9.87. The van der Waals surface area contributed by atoms with Gasteiger partial charge in [-0.05, 0) is 17.5 Å². The maximum absolute atomic E-state index is 10.7. The van der Waals surface area contributed by atoms with Crippen molar-refractivity contribution in [2.24, 2.45) is 0 Å². The van der Waals surface area contributed by atoms with E-state index in [9.17, 15) is 4.79 Å². The SMILES string of the molecule is O=C(O)CC1(Cl)C=Cc2ccccc2C1. The van der Waals surface area contributed by atoms with Crippen LogP contribution in [-0.4, -0.2) is 16.0 Å². The van der Waals surface area contributed by atoms with Crippen LogP contribution in [0.1, 0.15) is 17.5 Å². The summed E-state index contributed by atoms with van der Waals surface area (Å²) >= 11 is 6.23. The number of carboxylic acids is 1. The Morgan fingerprint density at radius 1 is 1.47 bits per heavy atom. The van der Waals surface area contributed by atoms with E-state index in [1.165, 1.54) is 0 Å². The summed E-state index contributed by atoms with van der Waals surface area (Å²) in [6.45, 7) is 0. The molecule has 1 unspecified atom stereocenters. The number of hydrogen-bond donors (Lipinski definition) is 1. The number of halogens is 1. The molecule has 2 rings (SSSR count). The van der Waals surface area contributed by atoms with Crippen LogP contribution in [0.2, 0.25) is 0 Å².